The van der Waals surface area contributed by atoms with E-state index in [1.807, 2.05) is 24.4 Å². The number of nitrogens with one attached hydrogen (secondary N) is 1. The molecule has 4 bridgehead atoms. The molecule has 5 aliphatic rings. The molecule has 1 amide bonds. The SMILES string of the molecule is O=C(CCC12CC3CC(CC(C3)C1)C2)Nc1cn(CCC2(O)COC2)c2cccc(Cl)c12. The van der Waals surface area contributed by atoms with Gasteiger partial charge in [-0.25, -0.2) is 0 Å². The molecule has 4 aliphatic carbocycles. The van der Waals surface area contributed by atoms with Crippen LogP contribution >= 0.6 is 11.6 Å². The molecule has 1 aromatic heterocycles. The largest absolute Gasteiger partial charge is 0.385 e. The zero-order valence-electron chi connectivity index (χ0n) is 18.6. The first-order chi connectivity index (χ1) is 15.4. The van der Waals surface area contributed by atoms with E-state index in [-0.39, 0.29) is 5.91 Å². The Labute approximate surface area is 194 Å². The Morgan fingerprint density at radius 3 is 2.44 bits per heavy atom. The molecule has 2 N–H and O–H groups in total. The summed E-state index contributed by atoms with van der Waals surface area (Å²) in [6, 6.07) is 5.82. The van der Waals surface area contributed by atoms with E-state index in [0.717, 1.165) is 40.8 Å². The summed E-state index contributed by atoms with van der Waals surface area (Å²) in [5.41, 5.74) is 1.43. The molecule has 1 saturated heterocycles. The first kappa shape index (κ1) is 21.0. The van der Waals surface area contributed by atoms with Crippen LogP contribution < -0.4 is 5.32 Å². The van der Waals surface area contributed by atoms with Gasteiger partial charge in [0, 0.05) is 24.5 Å². The van der Waals surface area contributed by atoms with Crippen LogP contribution in [0.5, 0.6) is 0 Å². The van der Waals surface area contributed by atoms with Gasteiger partial charge in [0.15, 0.2) is 0 Å². The summed E-state index contributed by atoms with van der Waals surface area (Å²) in [4.78, 5) is 13.0. The van der Waals surface area contributed by atoms with E-state index >= 15 is 0 Å². The molecule has 4 saturated carbocycles. The second-order valence-electron chi connectivity index (χ2n) is 11.3. The molecular weight excluding hydrogens is 424 g/mol. The van der Waals surface area contributed by atoms with Crippen LogP contribution in [0, 0.1) is 23.2 Å². The average Bonchev–Trinajstić information content (AvgIpc) is 3.07. The Hall–Kier alpha value is -1.56. The summed E-state index contributed by atoms with van der Waals surface area (Å²) in [6.45, 7) is 1.43. The third kappa shape index (κ3) is 3.76. The van der Waals surface area contributed by atoms with Crippen molar-refractivity contribution in [1.29, 1.82) is 0 Å². The van der Waals surface area contributed by atoms with Crippen LogP contribution in [0.15, 0.2) is 24.4 Å². The molecule has 0 atom stereocenters. The average molecular weight is 457 g/mol. The minimum absolute atomic E-state index is 0.0886. The van der Waals surface area contributed by atoms with Crippen LogP contribution in [0.3, 0.4) is 0 Å². The lowest BCUT2D eigenvalue weighted by Crippen LogP contribution is -2.50. The summed E-state index contributed by atoms with van der Waals surface area (Å²) in [5, 5.41) is 15.1. The van der Waals surface area contributed by atoms with E-state index in [9.17, 15) is 9.90 Å². The number of carbonyl (C=O) groups is 1. The van der Waals surface area contributed by atoms with Gasteiger partial charge in [0.1, 0.15) is 5.60 Å². The van der Waals surface area contributed by atoms with Crippen LogP contribution in [0.2, 0.25) is 5.02 Å². The number of aromatic nitrogens is 1. The van der Waals surface area contributed by atoms with Crippen molar-refractivity contribution in [3.05, 3.63) is 29.4 Å². The molecule has 5 fully saturated rings. The number of hydrogen-bond acceptors (Lipinski definition) is 3. The Morgan fingerprint density at radius 2 is 1.81 bits per heavy atom. The van der Waals surface area contributed by atoms with Gasteiger partial charge in [-0.15, -0.1) is 0 Å². The van der Waals surface area contributed by atoms with Gasteiger partial charge in [-0.2, -0.15) is 0 Å². The number of aryl methyl sites for hydroxylation is 1. The Morgan fingerprint density at radius 1 is 1.12 bits per heavy atom. The molecule has 6 heteroatoms. The van der Waals surface area contributed by atoms with Gasteiger partial charge in [-0.05, 0) is 86.7 Å². The molecule has 5 nitrogen and oxygen atoms in total. The first-order valence-corrected chi connectivity index (χ1v) is 12.7. The van der Waals surface area contributed by atoms with Crippen LogP contribution in [0.4, 0.5) is 5.69 Å². The van der Waals surface area contributed by atoms with E-state index in [1.165, 1.54) is 38.5 Å². The third-order valence-electron chi connectivity index (χ3n) is 8.74. The highest BCUT2D eigenvalue weighted by Crippen LogP contribution is 2.61. The van der Waals surface area contributed by atoms with Gasteiger partial charge in [0.05, 0.1) is 29.4 Å². The van der Waals surface area contributed by atoms with Crippen molar-refractivity contribution in [3.63, 3.8) is 0 Å². The van der Waals surface area contributed by atoms with Crippen molar-refractivity contribution < 1.29 is 14.6 Å². The number of rotatable bonds is 7. The quantitative estimate of drug-likeness (QED) is 0.587. The number of nitrogens with zero attached hydrogens (tertiary/aromatic N) is 1. The molecule has 172 valence electrons. The van der Waals surface area contributed by atoms with Crippen molar-refractivity contribution in [2.75, 3.05) is 18.5 Å². The standard InChI is InChI=1S/C26H33ClN2O3/c27-20-2-1-3-22-24(20)21(14-29(22)7-6-26(31)15-32-16-26)28-23(30)4-5-25-11-17-8-18(12-25)10-19(9-17)13-25/h1-3,14,17-19,31H,4-13,15-16H2,(H,28,30). The number of aliphatic hydroxyl groups is 1. The molecule has 7 rings (SSSR count). The lowest BCUT2D eigenvalue weighted by atomic mass is 9.48. The molecule has 0 unspecified atom stereocenters. The van der Waals surface area contributed by atoms with E-state index in [2.05, 4.69) is 9.88 Å². The fourth-order valence-electron chi connectivity index (χ4n) is 7.59. The maximum Gasteiger partial charge on any atom is 0.224 e. The monoisotopic (exact) mass is 456 g/mol. The summed E-state index contributed by atoms with van der Waals surface area (Å²) in [7, 11) is 0. The predicted molar refractivity (Wildman–Crippen MR) is 126 cm³/mol. The highest BCUT2D eigenvalue weighted by Gasteiger charge is 2.50. The number of ether oxygens (including phenoxy) is 1. The zero-order chi connectivity index (χ0) is 21.9. The minimum atomic E-state index is -0.740. The van der Waals surface area contributed by atoms with Gasteiger partial charge in [0.2, 0.25) is 5.91 Å². The van der Waals surface area contributed by atoms with E-state index < -0.39 is 5.60 Å². The van der Waals surface area contributed by atoms with Crippen molar-refractivity contribution in [2.45, 2.75) is 69.9 Å². The molecular formula is C26H33ClN2O3. The van der Waals surface area contributed by atoms with Crippen LogP contribution in [0.1, 0.15) is 57.8 Å². The molecule has 1 aromatic carbocycles. The van der Waals surface area contributed by atoms with Crippen molar-refractivity contribution in [1.82, 2.24) is 4.57 Å². The molecule has 2 heterocycles. The molecule has 32 heavy (non-hydrogen) atoms. The predicted octanol–water partition coefficient (Wildman–Crippen LogP) is 5.38. The second kappa shape index (κ2) is 7.75. The van der Waals surface area contributed by atoms with Crippen LogP contribution in [0.25, 0.3) is 10.9 Å². The van der Waals surface area contributed by atoms with E-state index in [1.54, 1.807) is 0 Å². The topological polar surface area (TPSA) is 63.5 Å². The van der Waals surface area contributed by atoms with Gasteiger partial charge < -0.3 is 19.7 Å². The Balaban J connectivity index is 1.16. The molecule has 0 spiro atoms. The number of anilines is 1. The lowest BCUT2D eigenvalue weighted by Gasteiger charge is -2.57. The van der Waals surface area contributed by atoms with Gasteiger partial charge in [-0.3, -0.25) is 4.79 Å². The van der Waals surface area contributed by atoms with Crippen molar-refractivity contribution in [3.8, 4) is 0 Å². The maximum atomic E-state index is 13.0. The lowest BCUT2D eigenvalue weighted by molar-refractivity contribution is -0.182. The fraction of sp³-hybridized carbons (Fsp3) is 0.654. The van der Waals surface area contributed by atoms with Crippen molar-refractivity contribution >= 4 is 34.1 Å². The molecule has 0 radical (unpaired) electrons. The Kier molecular flexibility index (Phi) is 5.09. The highest BCUT2D eigenvalue weighted by molar-refractivity contribution is 6.36. The van der Waals surface area contributed by atoms with Gasteiger partial charge in [-0.1, -0.05) is 17.7 Å². The number of fused-ring (bicyclic) bond motifs is 1. The number of hydrogen-bond donors (Lipinski definition) is 2. The van der Waals surface area contributed by atoms with Gasteiger partial charge in [0.25, 0.3) is 0 Å². The molecule has 2 aromatic rings. The summed E-state index contributed by atoms with van der Waals surface area (Å²) < 4.78 is 7.26. The highest BCUT2D eigenvalue weighted by atomic mass is 35.5. The first-order valence-electron chi connectivity index (χ1n) is 12.3. The number of benzene rings is 1. The van der Waals surface area contributed by atoms with E-state index in [4.69, 9.17) is 16.3 Å². The van der Waals surface area contributed by atoms with E-state index in [0.29, 0.717) is 43.0 Å². The Bertz CT molecular complexity index is 1010. The van der Waals surface area contributed by atoms with Crippen LogP contribution in [-0.2, 0) is 16.1 Å². The maximum absolute atomic E-state index is 13.0. The normalized spacial score (nSPS) is 32.2. The zero-order valence-corrected chi connectivity index (χ0v) is 19.4. The van der Waals surface area contributed by atoms with Gasteiger partial charge >= 0.3 is 0 Å². The second-order valence-corrected chi connectivity index (χ2v) is 11.7. The third-order valence-corrected chi connectivity index (χ3v) is 9.05. The molecule has 1 aliphatic heterocycles. The summed E-state index contributed by atoms with van der Waals surface area (Å²) >= 11 is 6.54. The van der Waals surface area contributed by atoms with Crippen LogP contribution in [-0.4, -0.2) is 34.4 Å². The summed E-state index contributed by atoms with van der Waals surface area (Å²) in [6.07, 6.45) is 12.5. The smallest absolute Gasteiger partial charge is 0.224 e. The fourth-order valence-corrected chi connectivity index (χ4v) is 7.86. The minimum Gasteiger partial charge on any atom is -0.385 e. The number of amides is 1. The van der Waals surface area contributed by atoms with Crippen molar-refractivity contribution in [2.24, 2.45) is 23.2 Å². The number of carbonyl (C=O) groups excluding carboxylic acids is 1. The summed E-state index contributed by atoms with van der Waals surface area (Å²) in [5.74, 6) is 2.83. The number of halogens is 1.